The third-order valence-corrected chi connectivity index (χ3v) is 3.53. The molecule has 0 spiro atoms. The molecular formula is C10H5BrClNO2S. The minimum Gasteiger partial charge on any atom is -0.478 e. The second kappa shape index (κ2) is 4.53. The average molecular weight is 319 g/mol. The predicted molar refractivity (Wildman–Crippen MR) is 67.2 cm³/mol. The maximum atomic E-state index is 10.9. The molecule has 0 amide bonds. The summed E-state index contributed by atoms with van der Waals surface area (Å²) >= 11 is 10.4. The Morgan fingerprint density at radius 2 is 2.19 bits per heavy atom. The number of carbonyl (C=O) groups is 1. The zero-order chi connectivity index (χ0) is 11.7. The number of thiophene rings is 1. The van der Waals surface area contributed by atoms with Crippen LogP contribution in [0.1, 0.15) is 10.4 Å². The maximum absolute atomic E-state index is 10.9. The van der Waals surface area contributed by atoms with Gasteiger partial charge in [-0.3, -0.25) is 0 Å². The quantitative estimate of drug-likeness (QED) is 0.854. The van der Waals surface area contributed by atoms with Crippen LogP contribution in [0.4, 0.5) is 0 Å². The van der Waals surface area contributed by atoms with Crippen LogP contribution in [-0.2, 0) is 0 Å². The van der Waals surface area contributed by atoms with E-state index in [1.165, 1.54) is 23.5 Å². The van der Waals surface area contributed by atoms with Crippen molar-refractivity contribution in [2.75, 3.05) is 0 Å². The molecule has 0 atom stereocenters. The van der Waals surface area contributed by atoms with Crippen LogP contribution in [0, 0.1) is 0 Å². The summed E-state index contributed by atoms with van der Waals surface area (Å²) in [6.07, 6.45) is 0. The highest BCUT2D eigenvalue weighted by molar-refractivity contribution is 9.10. The van der Waals surface area contributed by atoms with Crippen molar-refractivity contribution in [1.29, 1.82) is 0 Å². The van der Waals surface area contributed by atoms with Gasteiger partial charge in [0.25, 0.3) is 0 Å². The molecule has 0 saturated heterocycles. The van der Waals surface area contributed by atoms with E-state index < -0.39 is 5.97 Å². The zero-order valence-corrected chi connectivity index (χ0v) is 10.9. The number of carboxylic acid groups (broad SMARTS) is 1. The second-order valence-corrected chi connectivity index (χ2v) is 5.50. The van der Waals surface area contributed by atoms with E-state index in [0.29, 0.717) is 14.6 Å². The van der Waals surface area contributed by atoms with Gasteiger partial charge in [-0.2, -0.15) is 0 Å². The lowest BCUT2D eigenvalue weighted by Crippen LogP contribution is -1.97. The molecule has 6 heteroatoms. The monoisotopic (exact) mass is 317 g/mol. The normalized spacial score (nSPS) is 10.4. The van der Waals surface area contributed by atoms with Gasteiger partial charge >= 0.3 is 5.97 Å². The highest BCUT2D eigenvalue weighted by atomic mass is 79.9. The molecule has 0 aliphatic carbocycles. The van der Waals surface area contributed by atoms with Crippen LogP contribution in [0.2, 0.25) is 4.34 Å². The minimum atomic E-state index is -0.980. The molecule has 0 bridgehead atoms. The van der Waals surface area contributed by atoms with Crippen molar-refractivity contribution in [3.63, 3.8) is 0 Å². The Bertz CT molecular complexity index is 556. The lowest BCUT2D eigenvalue weighted by atomic mass is 10.2. The third-order valence-electron chi connectivity index (χ3n) is 1.87. The van der Waals surface area contributed by atoms with Crippen molar-refractivity contribution in [2.24, 2.45) is 0 Å². The molecule has 0 radical (unpaired) electrons. The summed E-state index contributed by atoms with van der Waals surface area (Å²) in [5.74, 6) is -0.980. The Morgan fingerprint density at radius 3 is 2.75 bits per heavy atom. The van der Waals surface area contributed by atoms with Crippen LogP contribution >= 0.6 is 38.9 Å². The number of hydrogen-bond acceptors (Lipinski definition) is 3. The van der Waals surface area contributed by atoms with E-state index in [1.807, 2.05) is 6.07 Å². The maximum Gasteiger partial charge on any atom is 0.335 e. The van der Waals surface area contributed by atoms with Gasteiger partial charge in [0, 0.05) is 0 Å². The lowest BCUT2D eigenvalue weighted by molar-refractivity contribution is 0.0696. The second-order valence-electron chi connectivity index (χ2n) is 2.97. The molecule has 2 heterocycles. The Hall–Kier alpha value is -0.910. The SMILES string of the molecule is O=C(O)c1cc(Br)nc(-c2ccc(Cl)s2)c1. The van der Waals surface area contributed by atoms with Gasteiger partial charge < -0.3 is 5.11 Å². The molecule has 2 rings (SSSR count). The molecule has 0 saturated carbocycles. The molecule has 0 aliphatic heterocycles. The lowest BCUT2D eigenvalue weighted by Gasteiger charge is -2.00. The van der Waals surface area contributed by atoms with Crippen LogP contribution in [-0.4, -0.2) is 16.1 Å². The molecule has 0 unspecified atom stereocenters. The molecule has 0 fully saturated rings. The van der Waals surface area contributed by atoms with Crippen molar-refractivity contribution in [3.05, 3.63) is 38.8 Å². The van der Waals surface area contributed by atoms with E-state index in [2.05, 4.69) is 20.9 Å². The Kier molecular flexibility index (Phi) is 3.28. The van der Waals surface area contributed by atoms with E-state index in [4.69, 9.17) is 16.7 Å². The first kappa shape index (κ1) is 11.6. The van der Waals surface area contributed by atoms with Crippen molar-refractivity contribution >= 4 is 44.8 Å². The molecule has 16 heavy (non-hydrogen) atoms. The molecular weight excluding hydrogens is 314 g/mol. The predicted octanol–water partition coefficient (Wildman–Crippen LogP) is 3.92. The average Bonchev–Trinajstić information content (AvgIpc) is 2.64. The van der Waals surface area contributed by atoms with Gasteiger partial charge in [0.05, 0.1) is 20.5 Å². The number of nitrogens with zero attached hydrogens (tertiary/aromatic N) is 1. The van der Waals surface area contributed by atoms with E-state index in [9.17, 15) is 4.79 Å². The summed E-state index contributed by atoms with van der Waals surface area (Å²) in [7, 11) is 0. The van der Waals surface area contributed by atoms with Crippen molar-refractivity contribution in [1.82, 2.24) is 4.98 Å². The third kappa shape index (κ3) is 2.42. The molecule has 0 aromatic carbocycles. The standard InChI is InChI=1S/C10H5BrClNO2S/c11-8-4-5(10(14)15)3-6(13-8)7-1-2-9(12)16-7/h1-4H,(H,14,15). The van der Waals surface area contributed by atoms with Gasteiger partial charge in [0.1, 0.15) is 4.60 Å². The van der Waals surface area contributed by atoms with E-state index in [-0.39, 0.29) is 5.56 Å². The molecule has 82 valence electrons. The molecule has 2 aromatic rings. The molecule has 0 aliphatic rings. The first-order valence-corrected chi connectivity index (χ1v) is 6.21. The molecule has 2 aromatic heterocycles. The van der Waals surface area contributed by atoms with Crippen molar-refractivity contribution in [2.45, 2.75) is 0 Å². The number of aromatic nitrogens is 1. The Morgan fingerprint density at radius 1 is 1.44 bits per heavy atom. The van der Waals surface area contributed by atoms with E-state index in [1.54, 1.807) is 6.07 Å². The minimum absolute atomic E-state index is 0.196. The summed E-state index contributed by atoms with van der Waals surface area (Å²) in [6, 6.07) is 6.55. The fourth-order valence-electron chi connectivity index (χ4n) is 1.20. The topological polar surface area (TPSA) is 50.2 Å². The summed E-state index contributed by atoms with van der Waals surface area (Å²) in [5.41, 5.74) is 0.796. The number of hydrogen-bond donors (Lipinski definition) is 1. The highest BCUT2D eigenvalue weighted by Gasteiger charge is 2.10. The number of aromatic carboxylic acids is 1. The van der Waals surface area contributed by atoms with Gasteiger partial charge in [0.15, 0.2) is 0 Å². The van der Waals surface area contributed by atoms with Crippen LogP contribution in [0.25, 0.3) is 10.6 Å². The summed E-state index contributed by atoms with van der Waals surface area (Å²) in [6.45, 7) is 0. The summed E-state index contributed by atoms with van der Waals surface area (Å²) in [5, 5.41) is 8.91. The molecule has 1 N–H and O–H groups in total. The smallest absolute Gasteiger partial charge is 0.335 e. The van der Waals surface area contributed by atoms with Crippen LogP contribution < -0.4 is 0 Å². The fraction of sp³-hybridized carbons (Fsp3) is 0. The van der Waals surface area contributed by atoms with Gasteiger partial charge in [-0.15, -0.1) is 11.3 Å². The van der Waals surface area contributed by atoms with Crippen LogP contribution in [0.5, 0.6) is 0 Å². The van der Waals surface area contributed by atoms with E-state index >= 15 is 0 Å². The summed E-state index contributed by atoms with van der Waals surface area (Å²) < 4.78 is 1.14. The Labute approximate surface area is 109 Å². The first-order valence-electron chi connectivity index (χ1n) is 4.23. The summed E-state index contributed by atoms with van der Waals surface area (Å²) in [4.78, 5) is 15.9. The van der Waals surface area contributed by atoms with Crippen LogP contribution in [0.15, 0.2) is 28.9 Å². The number of halogens is 2. The van der Waals surface area contributed by atoms with Gasteiger partial charge in [0.2, 0.25) is 0 Å². The Balaban J connectivity index is 2.53. The zero-order valence-electron chi connectivity index (χ0n) is 7.78. The van der Waals surface area contributed by atoms with Crippen molar-refractivity contribution < 1.29 is 9.90 Å². The molecule has 3 nitrogen and oxygen atoms in total. The number of pyridine rings is 1. The van der Waals surface area contributed by atoms with E-state index in [0.717, 1.165) is 4.88 Å². The van der Waals surface area contributed by atoms with Gasteiger partial charge in [-0.05, 0) is 40.2 Å². The number of rotatable bonds is 2. The highest BCUT2D eigenvalue weighted by Crippen LogP contribution is 2.31. The largest absolute Gasteiger partial charge is 0.478 e. The fourth-order valence-corrected chi connectivity index (χ4v) is 2.64. The van der Waals surface area contributed by atoms with Gasteiger partial charge in [-0.25, -0.2) is 9.78 Å². The first-order chi connectivity index (χ1) is 7.56. The van der Waals surface area contributed by atoms with Gasteiger partial charge in [-0.1, -0.05) is 11.6 Å². The van der Waals surface area contributed by atoms with Crippen molar-refractivity contribution in [3.8, 4) is 10.6 Å². The van der Waals surface area contributed by atoms with Crippen LogP contribution in [0.3, 0.4) is 0 Å². The number of carboxylic acids is 1.